The number of carbonyl (C=O) groups excluding carboxylic acids is 1. The monoisotopic (exact) mass is 302 g/mol. The predicted molar refractivity (Wildman–Crippen MR) is 86.5 cm³/mol. The molecule has 0 atom stereocenters. The van der Waals surface area contributed by atoms with E-state index in [1.807, 2.05) is 39.0 Å². The Hall–Kier alpha value is -2.08. The van der Waals surface area contributed by atoms with Gasteiger partial charge in [-0.25, -0.2) is 9.97 Å². The highest BCUT2D eigenvalue weighted by Crippen LogP contribution is 2.20. The third-order valence-electron chi connectivity index (χ3n) is 2.78. The second-order valence-electron chi connectivity index (χ2n) is 4.86. The van der Waals surface area contributed by atoms with Crippen molar-refractivity contribution in [2.45, 2.75) is 25.9 Å². The third-order valence-corrected chi connectivity index (χ3v) is 3.62. The molecule has 1 aromatic heterocycles. The average molecular weight is 302 g/mol. The molecule has 0 fully saturated rings. The van der Waals surface area contributed by atoms with Crippen molar-refractivity contribution in [1.82, 2.24) is 9.97 Å². The smallest absolute Gasteiger partial charge is 0.234 e. The molecular formula is C15H18N4OS. The van der Waals surface area contributed by atoms with Crippen LogP contribution < -0.4 is 11.1 Å². The Morgan fingerprint density at radius 3 is 2.48 bits per heavy atom. The van der Waals surface area contributed by atoms with E-state index in [4.69, 9.17) is 5.73 Å². The molecule has 0 aliphatic carbocycles. The van der Waals surface area contributed by atoms with Gasteiger partial charge in [-0.15, -0.1) is 0 Å². The number of nitrogens with one attached hydrogen (secondary N) is 1. The Balaban J connectivity index is 1.95. The second kappa shape index (κ2) is 6.58. The summed E-state index contributed by atoms with van der Waals surface area (Å²) in [5.74, 6) is 0.120. The van der Waals surface area contributed by atoms with Gasteiger partial charge in [-0.1, -0.05) is 17.8 Å². The lowest BCUT2D eigenvalue weighted by molar-refractivity contribution is -0.113. The van der Waals surface area contributed by atoms with Gasteiger partial charge in [0, 0.05) is 11.4 Å². The van der Waals surface area contributed by atoms with Gasteiger partial charge in [0.2, 0.25) is 5.91 Å². The highest BCUT2D eigenvalue weighted by atomic mass is 32.2. The lowest BCUT2D eigenvalue weighted by Crippen LogP contribution is -2.15. The van der Waals surface area contributed by atoms with Crippen molar-refractivity contribution in [3.63, 3.8) is 0 Å². The number of nitrogen functional groups attached to an aromatic ring is 1. The number of thioether (sulfide) groups is 1. The van der Waals surface area contributed by atoms with Crippen LogP contribution in [0.2, 0.25) is 0 Å². The van der Waals surface area contributed by atoms with E-state index in [2.05, 4.69) is 15.3 Å². The zero-order valence-corrected chi connectivity index (χ0v) is 13.1. The van der Waals surface area contributed by atoms with E-state index in [0.717, 1.165) is 17.0 Å². The SMILES string of the molecule is Cc1ccc(NC(=O)CSc2nc(C)cc(C)n2)c(N)c1. The molecule has 1 amide bonds. The second-order valence-corrected chi connectivity index (χ2v) is 5.80. The molecule has 0 saturated carbocycles. The maximum atomic E-state index is 11.9. The summed E-state index contributed by atoms with van der Waals surface area (Å²) < 4.78 is 0. The Morgan fingerprint density at radius 2 is 1.86 bits per heavy atom. The average Bonchev–Trinajstić information content (AvgIpc) is 2.39. The summed E-state index contributed by atoms with van der Waals surface area (Å²) >= 11 is 1.31. The minimum Gasteiger partial charge on any atom is -0.397 e. The van der Waals surface area contributed by atoms with E-state index in [1.54, 1.807) is 6.07 Å². The summed E-state index contributed by atoms with van der Waals surface area (Å²) in [6.45, 7) is 5.77. The molecule has 0 radical (unpaired) electrons. The Kier molecular flexibility index (Phi) is 4.80. The molecule has 0 aliphatic rings. The number of hydrogen-bond donors (Lipinski definition) is 2. The van der Waals surface area contributed by atoms with E-state index in [0.29, 0.717) is 16.5 Å². The normalized spacial score (nSPS) is 10.4. The van der Waals surface area contributed by atoms with Gasteiger partial charge in [0.05, 0.1) is 17.1 Å². The van der Waals surface area contributed by atoms with E-state index in [1.165, 1.54) is 11.8 Å². The van der Waals surface area contributed by atoms with Crippen LogP contribution in [0.5, 0.6) is 0 Å². The molecule has 3 N–H and O–H groups in total. The Bertz CT molecular complexity index is 652. The largest absolute Gasteiger partial charge is 0.397 e. The van der Waals surface area contributed by atoms with E-state index < -0.39 is 0 Å². The third kappa shape index (κ3) is 4.46. The molecule has 2 rings (SSSR count). The first-order chi connectivity index (χ1) is 9.94. The Labute approximate surface area is 128 Å². The standard InChI is InChI=1S/C15H18N4OS/c1-9-4-5-13(12(16)6-9)19-14(20)8-21-15-17-10(2)7-11(3)18-15/h4-7H,8,16H2,1-3H3,(H,19,20). The quantitative estimate of drug-likeness (QED) is 0.515. The van der Waals surface area contributed by atoms with Crippen molar-refractivity contribution in [3.05, 3.63) is 41.2 Å². The van der Waals surface area contributed by atoms with E-state index in [-0.39, 0.29) is 11.7 Å². The first-order valence-electron chi connectivity index (χ1n) is 6.55. The molecule has 0 aliphatic heterocycles. The number of carbonyl (C=O) groups is 1. The highest BCUT2D eigenvalue weighted by molar-refractivity contribution is 7.99. The molecule has 1 heterocycles. The summed E-state index contributed by atoms with van der Waals surface area (Å²) in [6.07, 6.45) is 0. The fraction of sp³-hybridized carbons (Fsp3) is 0.267. The number of rotatable bonds is 4. The van der Waals surface area contributed by atoms with Gasteiger partial charge in [0.15, 0.2) is 5.16 Å². The number of hydrogen-bond acceptors (Lipinski definition) is 5. The number of aryl methyl sites for hydroxylation is 3. The number of anilines is 2. The van der Waals surface area contributed by atoms with Crippen LogP contribution in [0.4, 0.5) is 11.4 Å². The number of amides is 1. The van der Waals surface area contributed by atoms with Crippen molar-refractivity contribution in [3.8, 4) is 0 Å². The molecule has 6 heteroatoms. The number of nitrogens with two attached hydrogens (primary N) is 1. The molecule has 0 spiro atoms. The van der Waals surface area contributed by atoms with Crippen molar-refractivity contribution in [1.29, 1.82) is 0 Å². The molecule has 21 heavy (non-hydrogen) atoms. The molecule has 0 bridgehead atoms. The fourth-order valence-electron chi connectivity index (χ4n) is 1.87. The van der Waals surface area contributed by atoms with Crippen LogP contribution in [0, 0.1) is 20.8 Å². The molecule has 110 valence electrons. The lowest BCUT2D eigenvalue weighted by Gasteiger charge is -2.08. The molecule has 0 saturated heterocycles. The zero-order valence-electron chi connectivity index (χ0n) is 12.3. The van der Waals surface area contributed by atoms with Crippen LogP contribution in [0.1, 0.15) is 17.0 Å². The van der Waals surface area contributed by atoms with Gasteiger partial charge >= 0.3 is 0 Å². The minimum atomic E-state index is -0.127. The van der Waals surface area contributed by atoms with Gasteiger partial charge in [0.1, 0.15) is 0 Å². The van der Waals surface area contributed by atoms with Gasteiger partial charge in [-0.3, -0.25) is 4.79 Å². The highest BCUT2D eigenvalue weighted by Gasteiger charge is 2.08. The molecule has 2 aromatic rings. The van der Waals surface area contributed by atoms with Gasteiger partial charge in [-0.2, -0.15) is 0 Å². The van der Waals surface area contributed by atoms with E-state index in [9.17, 15) is 4.79 Å². The summed E-state index contributed by atoms with van der Waals surface area (Å²) in [6, 6.07) is 7.44. The predicted octanol–water partition coefficient (Wildman–Crippen LogP) is 2.71. The van der Waals surface area contributed by atoms with Crippen LogP contribution in [0.15, 0.2) is 29.4 Å². The fourth-order valence-corrected chi connectivity index (χ4v) is 2.62. The number of aromatic nitrogens is 2. The molecule has 1 aromatic carbocycles. The Morgan fingerprint density at radius 1 is 1.19 bits per heavy atom. The summed E-state index contributed by atoms with van der Waals surface area (Å²) in [5.41, 5.74) is 9.92. The van der Waals surface area contributed by atoms with Crippen molar-refractivity contribution in [2.75, 3.05) is 16.8 Å². The van der Waals surface area contributed by atoms with Gasteiger partial charge < -0.3 is 11.1 Å². The summed E-state index contributed by atoms with van der Waals surface area (Å²) in [5, 5.41) is 3.41. The first kappa shape index (κ1) is 15.3. The summed E-state index contributed by atoms with van der Waals surface area (Å²) in [7, 11) is 0. The molecular weight excluding hydrogens is 284 g/mol. The van der Waals surface area contributed by atoms with E-state index >= 15 is 0 Å². The molecule has 5 nitrogen and oxygen atoms in total. The number of nitrogens with zero attached hydrogens (tertiary/aromatic N) is 2. The maximum absolute atomic E-state index is 11.9. The van der Waals surface area contributed by atoms with Crippen LogP contribution in [-0.2, 0) is 4.79 Å². The van der Waals surface area contributed by atoms with Gasteiger partial charge in [-0.05, 0) is 44.5 Å². The van der Waals surface area contributed by atoms with Crippen molar-refractivity contribution >= 4 is 29.0 Å². The summed E-state index contributed by atoms with van der Waals surface area (Å²) in [4.78, 5) is 20.5. The van der Waals surface area contributed by atoms with Crippen LogP contribution in [0.3, 0.4) is 0 Å². The molecule has 0 unspecified atom stereocenters. The lowest BCUT2D eigenvalue weighted by atomic mass is 10.2. The topological polar surface area (TPSA) is 80.9 Å². The van der Waals surface area contributed by atoms with Crippen molar-refractivity contribution < 1.29 is 4.79 Å². The van der Waals surface area contributed by atoms with Gasteiger partial charge in [0.25, 0.3) is 0 Å². The van der Waals surface area contributed by atoms with Crippen molar-refractivity contribution in [2.24, 2.45) is 0 Å². The zero-order chi connectivity index (χ0) is 15.4. The first-order valence-corrected chi connectivity index (χ1v) is 7.53. The van der Waals surface area contributed by atoms with Crippen LogP contribution in [0.25, 0.3) is 0 Å². The van der Waals surface area contributed by atoms with Crippen LogP contribution in [-0.4, -0.2) is 21.6 Å². The maximum Gasteiger partial charge on any atom is 0.234 e. The minimum absolute atomic E-state index is 0.127. The number of benzene rings is 1. The van der Waals surface area contributed by atoms with Crippen LogP contribution >= 0.6 is 11.8 Å².